The van der Waals surface area contributed by atoms with Crippen LogP contribution in [-0.2, 0) is 11.8 Å². The number of hydrogen-bond donors (Lipinski definition) is 0. The van der Waals surface area contributed by atoms with E-state index in [-0.39, 0.29) is 22.8 Å². The van der Waals surface area contributed by atoms with Gasteiger partial charge in [-0.15, -0.1) is 0 Å². The predicted molar refractivity (Wildman–Crippen MR) is 97.8 cm³/mol. The maximum Gasteiger partial charge on any atom is 0.274 e. The van der Waals surface area contributed by atoms with E-state index < -0.39 is 0 Å². The maximum atomic E-state index is 12.9. The molecule has 0 radical (unpaired) electrons. The number of amides is 2. The van der Waals surface area contributed by atoms with Crippen LogP contribution in [0.15, 0.2) is 16.9 Å². The van der Waals surface area contributed by atoms with Crippen LogP contribution in [0.3, 0.4) is 0 Å². The Balaban J connectivity index is 1.73. The van der Waals surface area contributed by atoms with Crippen LogP contribution >= 0.6 is 0 Å². The minimum absolute atomic E-state index is 0.00375. The molecule has 2 amide bonds. The molecule has 3 rings (SSSR count). The predicted octanol–water partition coefficient (Wildman–Crippen LogP) is 1.43. The third kappa shape index (κ3) is 3.81. The summed E-state index contributed by atoms with van der Waals surface area (Å²) in [4.78, 5) is 40.5. The van der Waals surface area contributed by atoms with Crippen molar-refractivity contribution in [2.75, 3.05) is 26.2 Å². The lowest BCUT2D eigenvalue weighted by Crippen LogP contribution is -2.55. The van der Waals surface area contributed by atoms with Crippen molar-refractivity contribution < 1.29 is 9.59 Å². The molecule has 0 saturated carbocycles. The highest BCUT2D eigenvalue weighted by atomic mass is 16.2. The van der Waals surface area contributed by atoms with Crippen LogP contribution in [0.1, 0.15) is 55.9 Å². The Morgan fingerprint density at radius 1 is 1.23 bits per heavy atom. The molecule has 1 aromatic rings. The first-order valence-corrected chi connectivity index (χ1v) is 9.55. The number of rotatable bonds is 4. The third-order valence-corrected chi connectivity index (χ3v) is 5.66. The fourth-order valence-corrected chi connectivity index (χ4v) is 4.15. The number of carbonyl (C=O) groups is 2. The molecule has 1 aromatic heterocycles. The van der Waals surface area contributed by atoms with Crippen LogP contribution in [-0.4, -0.2) is 57.6 Å². The zero-order valence-electron chi connectivity index (χ0n) is 15.7. The van der Waals surface area contributed by atoms with Gasteiger partial charge in [-0.3, -0.25) is 14.4 Å². The molecule has 1 atom stereocenters. The van der Waals surface area contributed by atoms with E-state index in [1.807, 2.05) is 9.80 Å². The highest BCUT2D eigenvalue weighted by Crippen LogP contribution is 2.39. The summed E-state index contributed by atoms with van der Waals surface area (Å²) in [7, 11) is 1.55. The average molecular weight is 360 g/mol. The number of carbonyl (C=O) groups excluding carboxylic acids is 2. The summed E-state index contributed by atoms with van der Waals surface area (Å²) in [6.07, 6.45) is 5.50. The average Bonchev–Trinajstić information content (AvgIpc) is 2.64. The zero-order chi connectivity index (χ0) is 18.7. The van der Waals surface area contributed by atoms with Gasteiger partial charge in [0.05, 0.1) is 0 Å². The third-order valence-electron chi connectivity index (χ3n) is 5.66. The molecule has 7 heteroatoms. The highest BCUT2D eigenvalue weighted by molar-refractivity contribution is 5.92. The van der Waals surface area contributed by atoms with Gasteiger partial charge in [-0.05, 0) is 31.7 Å². The normalized spacial score (nSPS) is 23.5. The minimum Gasteiger partial charge on any atom is -0.342 e. The lowest BCUT2D eigenvalue weighted by Gasteiger charge is -2.48. The zero-order valence-corrected chi connectivity index (χ0v) is 15.7. The van der Waals surface area contributed by atoms with Gasteiger partial charge < -0.3 is 9.80 Å². The molecule has 26 heavy (non-hydrogen) atoms. The number of nitrogens with zero attached hydrogens (tertiary/aromatic N) is 4. The summed E-state index contributed by atoms with van der Waals surface area (Å²) in [6, 6.07) is 2.88. The molecule has 7 nitrogen and oxygen atoms in total. The van der Waals surface area contributed by atoms with Crippen molar-refractivity contribution in [3.05, 3.63) is 28.2 Å². The number of aryl methyl sites for hydroxylation is 1. The van der Waals surface area contributed by atoms with Crippen LogP contribution < -0.4 is 5.56 Å². The Morgan fingerprint density at radius 3 is 2.77 bits per heavy atom. The van der Waals surface area contributed by atoms with Crippen LogP contribution in [0.5, 0.6) is 0 Å². The molecule has 0 N–H and O–H groups in total. The summed E-state index contributed by atoms with van der Waals surface area (Å²) in [5.41, 5.74) is 0.0730. The van der Waals surface area contributed by atoms with E-state index in [0.29, 0.717) is 25.2 Å². The minimum atomic E-state index is -0.228. The Labute approximate surface area is 154 Å². The van der Waals surface area contributed by atoms with Gasteiger partial charge in [-0.1, -0.05) is 13.3 Å². The highest BCUT2D eigenvalue weighted by Gasteiger charge is 2.42. The van der Waals surface area contributed by atoms with E-state index in [1.54, 1.807) is 7.05 Å². The van der Waals surface area contributed by atoms with Crippen molar-refractivity contribution in [3.63, 3.8) is 0 Å². The largest absolute Gasteiger partial charge is 0.342 e. The Morgan fingerprint density at radius 2 is 2.04 bits per heavy atom. The number of aromatic nitrogens is 2. The summed E-state index contributed by atoms with van der Waals surface area (Å²) >= 11 is 0. The standard InChI is InChI=1S/C19H28N4O3/c1-3-4-11-22-13-19(10-8-17(22)25)9-5-12-23(14-19)18(26)15-6-7-16(24)21(2)20-15/h6-7H,3-5,8-14H2,1-2H3. The van der Waals surface area contributed by atoms with Gasteiger partial charge in [0.15, 0.2) is 0 Å². The second-order valence-electron chi connectivity index (χ2n) is 7.68. The smallest absolute Gasteiger partial charge is 0.274 e. The van der Waals surface area contributed by atoms with Crippen LogP contribution in [0, 0.1) is 5.41 Å². The Kier molecular flexibility index (Phi) is 5.44. The SMILES string of the molecule is CCCCN1CC2(CCCN(C(=O)c3ccc(=O)n(C)n3)C2)CCC1=O. The summed E-state index contributed by atoms with van der Waals surface area (Å²) in [6.45, 7) is 5.05. The Bertz CT molecular complexity index is 745. The van der Waals surface area contributed by atoms with Gasteiger partial charge in [0, 0.05) is 51.1 Å². The summed E-state index contributed by atoms with van der Waals surface area (Å²) in [5.74, 6) is 0.115. The van der Waals surface area contributed by atoms with Crippen molar-refractivity contribution >= 4 is 11.8 Å². The van der Waals surface area contributed by atoms with Crippen LogP contribution in [0.25, 0.3) is 0 Å². The molecule has 3 heterocycles. The topological polar surface area (TPSA) is 75.5 Å². The lowest BCUT2D eigenvalue weighted by atomic mass is 9.73. The molecule has 2 aliphatic heterocycles. The first kappa shape index (κ1) is 18.6. The van der Waals surface area contributed by atoms with Gasteiger partial charge in [-0.2, -0.15) is 5.10 Å². The molecule has 2 saturated heterocycles. The molecule has 1 spiro atoms. The van der Waals surface area contributed by atoms with E-state index in [0.717, 1.165) is 45.2 Å². The van der Waals surface area contributed by atoms with Crippen molar-refractivity contribution in [1.82, 2.24) is 19.6 Å². The summed E-state index contributed by atoms with van der Waals surface area (Å²) < 4.78 is 1.19. The second-order valence-corrected chi connectivity index (χ2v) is 7.68. The quantitative estimate of drug-likeness (QED) is 0.814. The maximum absolute atomic E-state index is 12.9. The molecule has 0 bridgehead atoms. The molecule has 0 aliphatic carbocycles. The van der Waals surface area contributed by atoms with Gasteiger partial charge >= 0.3 is 0 Å². The first-order chi connectivity index (χ1) is 12.4. The fraction of sp³-hybridized carbons (Fsp3) is 0.684. The van der Waals surface area contributed by atoms with E-state index in [4.69, 9.17) is 0 Å². The monoisotopic (exact) mass is 360 g/mol. The van der Waals surface area contributed by atoms with Gasteiger partial charge in [-0.25, -0.2) is 4.68 Å². The van der Waals surface area contributed by atoms with Crippen molar-refractivity contribution in [2.24, 2.45) is 12.5 Å². The van der Waals surface area contributed by atoms with Gasteiger partial charge in [0.25, 0.3) is 11.5 Å². The van der Waals surface area contributed by atoms with Crippen LogP contribution in [0.4, 0.5) is 0 Å². The van der Waals surface area contributed by atoms with Gasteiger partial charge in [0.2, 0.25) is 5.91 Å². The van der Waals surface area contributed by atoms with Gasteiger partial charge in [0.1, 0.15) is 5.69 Å². The molecule has 0 aromatic carbocycles. The number of unbranched alkanes of at least 4 members (excludes halogenated alkanes) is 1. The number of hydrogen-bond acceptors (Lipinski definition) is 4. The van der Waals surface area contributed by atoms with E-state index in [2.05, 4.69) is 12.0 Å². The van der Waals surface area contributed by atoms with E-state index in [1.165, 1.54) is 16.8 Å². The van der Waals surface area contributed by atoms with E-state index >= 15 is 0 Å². The molecule has 1 unspecified atom stereocenters. The van der Waals surface area contributed by atoms with Crippen molar-refractivity contribution in [1.29, 1.82) is 0 Å². The number of likely N-dealkylation sites (tertiary alicyclic amines) is 2. The molecular formula is C19H28N4O3. The Hall–Kier alpha value is -2.18. The lowest BCUT2D eigenvalue weighted by molar-refractivity contribution is -0.139. The second kappa shape index (κ2) is 7.60. The fourth-order valence-electron chi connectivity index (χ4n) is 4.15. The molecular weight excluding hydrogens is 332 g/mol. The van der Waals surface area contributed by atoms with Crippen molar-refractivity contribution in [3.8, 4) is 0 Å². The molecule has 2 fully saturated rings. The molecule has 142 valence electrons. The van der Waals surface area contributed by atoms with Crippen LogP contribution in [0.2, 0.25) is 0 Å². The number of piperidine rings is 2. The molecule has 2 aliphatic rings. The van der Waals surface area contributed by atoms with E-state index in [9.17, 15) is 14.4 Å². The van der Waals surface area contributed by atoms with Crippen molar-refractivity contribution in [2.45, 2.75) is 45.4 Å². The first-order valence-electron chi connectivity index (χ1n) is 9.55. The summed E-state index contributed by atoms with van der Waals surface area (Å²) in [5, 5.41) is 4.10.